The number of fused-ring (bicyclic) bond motifs is 12. The van der Waals surface area contributed by atoms with Crippen molar-refractivity contribution in [2.24, 2.45) is 0 Å². The molecule has 0 amide bonds. The molecule has 65 heavy (non-hydrogen) atoms. The molecule has 14 rings (SSSR count). The molecule has 2 heteroatoms. The van der Waals surface area contributed by atoms with E-state index in [1.807, 2.05) is 0 Å². The number of nitrogens with zero attached hydrogens (tertiary/aromatic N) is 2. The smallest absolute Gasteiger partial charge is 0.0713 e. The molecule has 0 unspecified atom stereocenters. The summed E-state index contributed by atoms with van der Waals surface area (Å²) >= 11 is 0. The van der Waals surface area contributed by atoms with E-state index in [1.165, 1.54) is 105 Å². The average molecular weight is 825 g/mol. The molecule has 0 atom stereocenters. The third-order valence-corrected chi connectivity index (χ3v) is 14.3. The van der Waals surface area contributed by atoms with E-state index in [1.54, 1.807) is 0 Å². The maximum atomic E-state index is 2.42. The van der Waals surface area contributed by atoms with Gasteiger partial charge in [-0.15, -0.1) is 0 Å². The van der Waals surface area contributed by atoms with Crippen LogP contribution in [-0.2, 0) is 5.41 Å². The molecular weight excluding hydrogens is 785 g/mol. The monoisotopic (exact) mass is 824 g/mol. The molecule has 0 saturated heterocycles. The SMILES string of the molecule is c1ccc(N(c2ccc3c(c2)-c2ccccc2C3(c2ccccc2)c2ccccc2)c2ccc3cc4c(cc3c2)-c2cc3ccc(-n5c6ccccc6c6ccccc65)cc3cc2-4)cc1. The van der Waals surface area contributed by atoms with E-state index in [2.05, 4.69) is 252 Å². The van der Waals surface area contributed by atoms with Crippen LogP contribution >= 0.6 is 0 Å². The maximum absolute atomic E-state index is 2.42. The lowest BCUT2D eigenvalue weighted by Crippen LogP contribution is -2.28. The molecular formula is C63H40N2. The zero-order chi connectivity index (χ0) is 42.6. The molecule has 12 aromatic rings. The Bertz CT molecular complexity index is 3790. The summed E-state index contributed by atoms with van der Waals surface area (Å²) in [6.07, 6.45) is 0. The normalized spacial score (nSPS) is 13.0. The van der Waals surface area contributed by atoms with Crippen LogP contribution in [-0.4, -0.2) is 4.57 Å². The molecule has 0 aliphatic heterocycles. The Morgan fingerprint density at radius 2 is 0.769 bits per heavy atom. The summed E-state index contributed by atoms with van der Waals surface area (Å²) in [6, 6.07) is 90.0. The number of benzene rings is 11. The van der Waals surface area contributed by atoms with Crippen LogP contribution in [0.15, 0.2) is 243 Å². The summed E-state index contributed by atoms with van der Waals surface area (Å²) in [6.45, 7) is 0. The first-order valence-electron chi connectivity index (χ1n) is 22.6. The molecule has 0 spiro atoms. The Labute approximate surface area is 377 Å². The van der Waals surface area contributed by atoms with Crippen LogP contribution in [0.2, 0.25) is 0 Å². The van der Waals surface area contributed by atoms with E-state index in [0.29, 0.717) is 0 Å². The summed E-state index contributed by atoms with van der Waals surface area (Å²) in [5, 5.41) is 7.54. The molecule has 302 valence electrons. The van der Waals surface area contributed by atoms with Gasteiger partial charge in [-0.2, -0.15) is 0 Å². The fraction of sp³-hybridized carbons (Fsp3) is 0.0159. The van der Waals surface area contributed by atoms with Crippen LogP contribution in [0.1, 0.15) is 22.3 Å². The molecule has 11 aromatic carbocycles. The third kappa shape index (κ3) is 5.17. The summed E-state index contributed by atoms with van der Waals surface area (Å²) < 4.78 is 2.41. The Balaban J connectivity index is 0.878. The molecule has 0 saturated carbocycles. The van der Waals surface area contributed by atoms with Crippen molar-refractivity contribution in [3.8, 4) is 39.1 Å². The summed E-state index contributed by atoms with van der Waals surface area (Å²) in [5.74, 6) is 0. The fourth-order valence-electron chi connectivity index (χ4n) is 11.5. The fourth-order valence-corrected chi connectivity index (χ4v) is 11.5. The zero-order valence-electron chi connectivity index (χ0n) is 35.5. The number of rotatable bonds is 6. The second-order valence-corrected chi connectivity index (χ2v) is 17.7. The first kappa shape index (κ1) is 36.1. The van der Waals surface area contributed by atoms with Gasteiger partial charge < -0.3 is 9.47 Å². The number of anilines is 3. The molecule has 2 aliphatic rings. The van der Waals surface area contributed by atoms with Gasteiger partial charge in [0.05, 0.1) is 16.4 Å². The lowest BCUT2D eigenvalue weighted by Gasteiger charge is -2.34. The zero-order valence-corrected chi connectivity index (χ0v) is 35.5. The summed E-state index contributed by atoms with van der Waals surface area (Å²) in [7, 11) is 0. The van der Waals surface area contributed by atoms with Crippen molar-refractivity contribution in [2.45, 2.75) is 5.41 Å². The highest BCUT2D eigenvalue weighted by atomic mass is 15.1. The Kier molecular flexibility index (Phi) is 7.64. The quantitative estimate of drug-likeness (QED) is 0.162. The largest absolute Gasteiger partial charge is 0.310 e. The van der Waals surface area contributed by atoms with E-state index in [0.717, 1.165) is 17.1 Å². The summed E-state index contributed by atoms with van der Waals surface area (Å²) in [4.78, 5) is 2.42. The highest BCUT2D eigenvalue weighted by Crippen LogP contribution is 2.57. The van der Waals surface area contributed by atoms with Crippen LogP contribution in [0, 0.1) is 0 Å². The van der Waals surface area contributed by atoms with Gasteiger partial charge in [-0.05, 0) is 162 Å². The van der Waals surface area contributed by atoms with E-state index in [-0.39, 0.29) is 0 Å². The van der Waals surface area contributed by atoms with Crippen molar-refractivity contribution in [3.05, 3.63) is 265 Å². The molecule has 1 heterocycles. The first-order chi connectivity index (χ1) is 32.2. The molecule has 1 aromatic heterocycles. The summed E-state index contributed by atoms with van der Waals surface area (Å²) in [5.41, 5.74) is 19.6. The third-order valence-electron chi connectivity index (χ3n) is 14.3. The van der Waals surface area contributed by atoms with Crippen molar-refractivity contribution in [1.29, 1.82) is 0 Å². The standard InChI is InChI=1S/C63H40N2/c1-4-16-45(17-5-1)63(46-18-6-2-7-19-46)59-25-13-10-22-51(59)58-40-50(32-33-60(58)63)64(47-20-8-3-9-21-47)48-30-28-41-36-54-56(38-43(41)34-48)55-37-42-29-31-49(35-44(42)39-57(54)55)65-61-26-14-11-23-52(61)53-24-12-15-27-62(53)65/h1-40H. The van der Waals surface area contributed by atoms with Crippen LogP contribution < -0.4 is 4.90 Å². The highest BCUT2D eigenvalue weighted by molar-refractivity contribution is 6.13. The van der Waals surface area contributed by atoms with Crippen molar-refractivity contribution in [3.63, 3.8) is 0 Å². The molecule has 2 nitrogen and oxygen atoms in total. The first-order valence-corrected chi connectivity index (χ1v) is 22.6. The van der Waals surface area contributed by atoms with Crippen LogP contribution in [0.25, 0.3) is 82.4 Å². The number of hydrogen-bond acceptors (Lipinski definition) is 1. The lowest BCUT2D eigenvalue weighted by atomic mass is 9.68. The minimum Gasteiger partial charge on any atom is -0.310 e. The van der Waals surface area contributed by atoms with Crippen molar-refractivity contribution < 1.29 is 0 Å². The van der Waals surface area contributed by atoms with Gasteiger partial charge in [0, 0.05) is 33.5 Å². The minimum absolute atomic E-state index is 0.439. The second-order valence-electron chi connectivity index (χ2n) is 17.7. The van der Waals surface area contributed by atoms with Gasteiger partial charge in [-0.3, -0.25) is 0 Å². The van der Waals surface area contributed by atoms with Gasteiger partial charge in [0.25, 0.3) is 0 Å². The second kappa shape index (κ2) is 13.8. The van der Waals surface area contributed by atoms with Gasteiger partial charge in [-0.1, -0.05) is 158 Å². The minimum atomic E-state index is -0.439. The van der Waals surface area contributed by atoms with Gasteiger partial charge in [0.1, 0.15) is 0 Å². The molecule has 2 aliphatic carbocycles. The van der Waals surface area contributed by atoms with Gasteiger partial charge in [0.15, 0.2) is 0 Å². The van der Waals surface area contributed by atoms with Crippen LogP contribution in [0.4, 0.5) is 17.1 Å². The van der Waals surface area contributed by atoms with E-state index < -0.39 is 5.41 Å². The van der Waals surface area contributed by atoms with Crippen LogP contribution in [0.5, 0.6) is 0 Å². The van der Waals surface area contributed by atoms with E-state index in [4.69, 9.17) is 0 Å². The average Bonchev–Trinajstić information content (AvgIpc) is 3.87. The molecule has 0 N–H and O–H groups in total. The number of aromatic nitrogens is 1. The molecule has 0 fully saturated rings. The highest BCUT2D eigenvalue weighted by Gasteiger charge is 2.46. The Hall–Kier alpha value is -8.46. The van der Waals surface area contributed by atoms with Crippen molar-refractivity contribution in [1.82, 2.24) is 4.57 Å². The predicted molar refractivity (Wildman–Crippen MR) is 272 cm³/mol. The topological polar surface area (TPSA) is 8.17 Å². The Morgan fingerprint density at radius 1 is 0.292 bits per heavy atom. The van der Waals surface area contributed by atoms with Crippen molar-refractivity contribution >= 4 is 60.4 Å². The molecule has 0 bridgehead atoms. The van der Waals surface area contributed by atoms with Gasteiger partial charge in [0.2, 0.25) is 0 Å². The van der Waals surface area contributed by atoms with Gasteiger partial charge in [-0.25, -0.2) is 0 Å². The number of para-hydroxylation sites is 3. The maximum Gasteiger partial charge on any atom is 0.0713 e. The van der Waals surface area contributed by atoms with Gasteiger partial charge >= 0.3 is 0 Å². The predicted octanol–water partition coefficient (Wildman–Crippen LogP) is 16.6. The lowest BCUT2D eigenvalue weighted by molar-refractivity contribution is 0.768. The Morgan fingerprint density at radius 3 is 1.42 bits per heavy atom. The molecule has 0 radical (unpaired) electrons. The van der Waals surface area contributed by atoms with E-state index >= 15 is 0 Å². The van der Waals surface area contributed by atoms with Crippen LogP contribution in [0.3, 0.4) is 0 Å². The number of hydrogen-bond donors (Lipinski definition) is 0. The van der Waals surface area contributed by atoms with Crippen molar-refractivity contribution in [2.75, 3.05) is 4.90 Å². The van der Waals surface area contributed by atoms with E-state index in [9.17, 15) is 0 Å².